The van der Waals surface area contributed by atoms with Crippen LogP contribution in [-0.2, 0) is 4.79 Å². The molecule has 2 aromatic rings. The SMILES string of the molecule is O=C(NCC(=O)N1CCC(c2nc(C3CC3)n[nH]2)CC1)c1cccc(Br)c1. The fourth-order valence-corrected chi connectivity index (χ4v) is 3.80. The third-order valence-electron chi connectivity index (χ3n) is 5.18. The lowest BCUT2D eigenvalue weighted by atomic mass is 9.96. The molecule has 142 valence electrons. The summed E-state index contributed by atoms with van der Waals surface area (Å²) in [5.41, 5.74) is 0.535. The summed E-state index contributed by atoms with van der Waals surface area (Å²) >= 11 is 3.34. The Labute approximate surface area is 166 Å². The number of amides is 2. The summed E-state index contributed by atoms with van der Waals surface area (Å²) in [6.07, 6.45) is 4.11. The number of aromatic amines is 1. The van der Waals surface area contributed by atoms with E-state index in [4.69, 9.17) is 0 Å². The van der Waals surface area contributed by atoms with Crippen LogP contribution in [-0.4, -0.2) is 51.5 Å². The summed E-state index contributed by atoms with van der Waals surface area (Å²) < 4.78 is 0.834. The van der Waals surface area contributed by atoms with Gasteiger partial charge in [-0.25, -0.2) is 4.98 Å². The molecule has 2 heterocycles. The molecule has 27 heavy (non-hydrogen) atoms. The third-order valence-corrected chi connectivity index (χ3v) is 5.68. The summed E-state index contributed by atoms with van der Waals surface area (Å²) in [5, 5.41) is 10.1. The van der Waals surface area contributed by atoms with Crippen molar-refractivity contribution in [3.63, 3.8) is 0 Å². The number of piperidine rings is 1. The largest absolute Gasteiger partial charge is 0.343 e. The minimum atomic E-state index is -0.242. The third kappa shape index (κ3) is 4.37. The first-order valence-electron chi connectivity index (χ1n) is 9.34. The Morgan fingerprint density at radius 2 is 1.96 bits per heavy atom. The van der Waals surface area contributed by atoms with Gasteiger partial charge in [0.1, 0.15) is 5.82 Å². The zero-order valence-electron chi connectivity index (χ0n) is 14.9. The van der Waals surface area contributed by atoms with Gasteiger partial charge in [0, 0.05) is 35.0 Å². The minimum Gasteiger partial charge on any atom is -0.343 e. The molecule has 1 aromatic heterocycles. The number of benzene rings is 1. The van der Waals surface area contributed by atoms with Crippen LogP contribution < -0.4 is 5.32 Å². The van der Waals surface area contributed by atoms with Gasteiger partial charge in [0.2, 0.25) is 5.91 Å². The van der Waals surface area contributed by atoms with Crippen molar-refractivity contribution in [3.05, 3.63) is 46.0 Å². The topological polar surface area (TPSA) is 91.0 Å². The van der Waals surface area contributed by atoms with Gasteiger partial charge in [-0.2, -0.15) is 5.10 Å². The van der Waals surface area contributed by atoms with Gasteiger partial charge in [0.05, 0.1) is 6.54 Å². The van der Waals surface area contributed by atoms with Gasteiger partial charge in [-0.05, 0) is 43.9 Å². The lowest BCUT2D eigenvalue weighted by Crippen LogP contribution is -2.43. The summed E-state index contributed by atoms with van der Waals surface area (Å²) in [4.78, 5) is 31.0. The first-order valence-corrected chi connectivity index (χ1v) is 10.1. The Morgan fingerprint density at radius 1 is 1.19 bits per heavy atom. The number of rotatable bonds is 5. The van der Waals surface area contributed by atoms with Crippen molar-refractivity contribution in [3.8, 4) is 0 Å². The first-order chi connectivity index (χ1) is 13.1. The standard InChI is InChI=1S/C19H22BrN5O2/c20-15-3-1-2-14(10-15)19(27)21-11-16(26)25-8-6-13(7-9-25)18-22-17(23-24-18)12-4-5-12/h1-3,10,12-13H,4-9,11H2,(H,21,27)(H,22,23,24). The van der Waals surface area contributed by atoms with Crippen molar-refractivity contribution in [2.75, 3.05) is 19.6 Å². The lowest BCUT2D eigenvalue weighted by Gasteiger charge is -2.31. The zero-order chi connectivity index (χ0) is 18.8. The summed E-state index contributed by atoms with van der Waals surface area (Å²) in [5.74, 6) is 2.48. The van der Waals surface area contributed by atoms with Gasteiger partial charge in [-0.1, -0.05) is 22.0 Å². The maximum Gasteiger partial charge on any atom is 0.251 e. The van der Waals surface area contributed by atoms with Crippen LogP contribution in [0.1, 0.15) is 59.5 Å². The summed E-state index contributed by atoms with van der Waals surface area (Å²) in [6, 6.07) is 7.11. The van der Waals surface area contributed by atoms with Crippen LogP contribution in [0.5, 0.6) is 0 Å². The van der Waals surface area contributed by atoms with Crippen molar-refractivity contribution in [2.24, 2.45) is 0 Å². The highest BCUT2D eigenvalue weighted by molar-refractivity contribution is 9.10. The molecule has 2 aliphatic rings. The van der Waals surface area contributed by atoms with E-state index in [1.54, 1.807) is 18.2 Å². The number of H-pyrrole nitrogens is 1. The van der Waals surface area contributed by atoms with Crippen molar-refractivity contribution in [2.45, 2.75) is 37.5 Å². The summed E-state index contributed by atoms with van der Waals surface area (Å²) in [7, 11) is 0. The highest BCUT2D eigenvalue weighted by atomic mass is 79.9. The molecule has 8 heteroatoms. The highest BCUT2D eigenvalue weighted by Gasteiger charge is 2.30. The quantitative estimate of drug-likeness (QED) is 0.760. The monoisotopic (exact) mass is 431 g/mol. The average Bonchev–Trinajstić information content (AvgIpc) is 3.43. The molecule has 0 spiro atoms. The summed E-state index contributed by atoms with van der Waals surface area (Å²) in [6.45, 7) is 1.37. The van der Waals surface area contributed by atoms with Crippen molar-refractivity contribution >= 4 is 27.7 Å². The van der Waals surface area contributed by atoms with E-state index < -0.39 is 0 Å². The Bertz CT molecular complexity index is 840. The molecule has 2 amide bonds. The van der Waals surface area contributed by atoms with Crippen LogP contribution in [0.15, 0.2) is 28.7 Å². The average molecular weight is 432 g/mol. The van der Waals surface area contributed by atoms with Gasteiger partial charge >= 0.3 is 0 Å². The van der Waals surface area contributed by atoms with Crippen LogP contribution in [0.25, 0.3) is 0 Å². The van der Waals surface area contributed by atoms with E-state index in [0.717, 1.165) is 29.0 Å². The van der Waals surface area contributed by atoms with Crippen LogP contribution in [0.2, 0.25) is 0 Å². The molecule has 1 aromatic carbocycles. The van der Waals surface area contributed by atoms with E-state index in [1.807, 2.05) is 11.0 Å². The number of likely N-dealkylation sites (tertiary alicyclic amines) is 1. The second-order valence-corrected chi connectivity index (χ2v) is 8.12. The number of aromatic nitrogens is 3. The molecular weight excluding hydrogens is 410 g/mol. The van der Waals surface area contributed by atoms with Crippen LogP contribution in [0.4, 0.5) is 0 Å². The number of carbonyl (C=O) groups is 2. The van der Waals surface area contributed by atoms with E-state index in [-0.39, 0.29) is 18.4 Å². The molecule has 1 aliphatic heterocycles. The van der Waals surface area contributed by atoms with Crippen molar-refractivity contribution in [1.29, 1.82) is 0 Å². The van der Waals surface area contributed by atoms with Crippen molar-refractivity contribution in [1.82, 2.24) is 25.4 Å². The molecule has 1 saturated carbocycles. The van der Waals surface area contributed by atoms with Crippen LogP contribution >= 0.6 is 15.9 Å². The first kappa shape index (κ1) is 18.2. The van der Waals surface area contributed by atoms with Crippen LogP contribution in [0, 0.1) is 0 Å². The molecule has 0 radical (unpaired) electrons. The number of halogens is 1. The Kier molecular flexibility index (Phi) is 5.24. The van der Waals surface area contributed by atoms with Crippen LogP contribution in [0.3, 0.4) is 0 Å². The fraction of sp³-hybridized carbons (Fsp3) is 0.474. The number of nitrogens with zero attached hydrogens (tertiary/aromatic N) is 3. The van der Waals surface area contributed by atoms with Gasteiger partial charge in [-0.3, -0.25) is 14.7 Å². The Morgan fingerprint density at radius 3 is 2.67 bits per heavy atom. The number of hydrogen-bond acceptors (Lipinski definition) is 4. The minimum absolute atomic E-state index is 0.0180. The van der Waals surface area contributed by atoms with Gasteiger partial charge in [0.25, 0.3) is 5.91 Å². The Balaban J connectivity index is 1.25. The van der Waals surface area contributed by atoms with E-state index in [1.165, 1.54) is 12.8 Å². The molecule has 7 nitrogen and oxygen atoms in total. The molecular formula is C19H22BrN5O2. The van der Waals surface area contributed by atoms with E-state index in [2.05, 4.69) is 36.4 Å². The fourth-order valence-electron chi connectivity index (χ4n) is 3.40. The molecule has 0 unspecified atom stereocenters. The smallest absolute Gasteiger partial charge is 0.251 e. The Hall–Kier alpha value is -2.22. The maximum atomic E-state index is 12.4. The predicted octanol–water partition coefficient (Wildman–Crippen LogP) is 2.58. The van der Waals surface area contributed by atoms with Gasteiger partial charge in [0.15, 0.2) is 5.82 Å². The second-order valence-electron chi connectivity index (χ2n) is 7.20. The second kappa shape index (κ2) is 7.80. The van der Waals surface area contributed by atoms with E-state index in [9.17, 15) is 9.59 Å². The lowest BCUT2D eigenvalue weighted by molar-refractivity contribution is -0.131. The molecule has 1 aliphatic carbocycles. The zero-order valence-corrected chi connectivity index (χ0v) is 16.5. The maximum absolute atomic E-state index is 12.4. The normalized spacial score (nSPS) is 17.7. The predicted molar refractivity (Wildman–Crippen MR) is 103 cm³/mol. The van der Waals surface area contributed by atoms with Gasteiger partial charge in [-0.15, -0.1) is 0 Å². The molecule has 1 saturated heterocycles. The number of hydrogen-bond donors (Lipinski definition) is 2. The molecule has 2 fully saturated rings. The van der Waals surface area contributed by atoms with E-state index >= 15 is 0 Å². The van der Waals surface area contributed by atoms with E-state index in [0.29, 0.717) is 30.5 Å². The van der Waals surface area contributed by atoms with Crippen molar-refractivity contribution < 1.29 is 9.59 Å². The van der Waals surface area contributed by atoms with Gasteiger partial charge < -0.3 is 10.2 Å². The molecule has 4 rings (SSSR count). The number of carbonyl (C=O) groups excluding carboxylic acids is 2. The number of nitrogens with one attached hydrogen (secondary N) is 2. The highest BCUT2D eigenvalue weighted by Crippen LogP contribution is 2.38. The molecule has 0 atom stereocenters. The molecule has 2 N–H and O–H groups in total. The molecule has 0 bridgehead atoms.